The molecule has 0 saturated heterocycles. The first-order chi connectivity index (χ1) is 18.8. The van der Waals surface area contributed by atoms with Gasteiger partial charge in [-0.25, -0.2) is 0 Å². The molecule has 1 spiro atoms. The first-order valence-corrected chi connectivity index (χ1v) is 15.2. The maximum absolute atomic E-state index is 14.7. The molecule has 40 heavy (non-hydrogen) atoms. The zero-order valence-electron chi connectivity index (χ0n) is 25.0. The third kappa shape index (κ3) is 4.31. The van der Waals surface area contributed by atoms with E-state index in [-0.39, 0.29) is 29.7 Å². The number of carbonyl (C=O) groups excluding carboxylic acids is 3. The van der Waals surface area contributed by atoms with Crippen molar-refractivity contribution in [1.82, 2.24) is 0 Å². The van der Waals surface area contributed by atoms with Crippen LogP contribution in [0.3, 0.4) is 0 Å². The Morgan fingerprint density at radius 3 is 2.23 bits per heavy atom. The van der Waals surface area contributed by atoms with E-state index in [4.69, 9.17) is 9.47 Å². The van der Waals surface area contributed by atoms with Crippen LogP contribution in [0.5, 0.6) is 0 Å². The second-order valence-corrected chi connectivity index (χ2v) is 13.2. The van der Waals surface area contributed by atoms with Crippen LogP contribution in [0.4, 0.5) is 0 Å². The van der Waals surface area contributed by atoms with Crippen molar-refractivity contribution >= 4 is 17.7 Å². The van der Waals surface area contributed by atoms with Gasteiger partial charge in [0.25, 0.3) is 0 Å². The number of unbranched alkanes of at least 4 members (excludes halogenated alkanes) is 4. The molecule has 2 saturated carbocycles. The van der Waals surface area contributed by atoms with Gasteiger partial charge in [-0.15, -0.1) is 0 Å². The summed E-state index contributed by atoms with van der Waals surface area (Å²) in [7, 11) is 0. The van der Waals surface area contributed by atoms with Crippen LogP contribution in [0.1, 0.15) is 99.3 Å². The minimum atomic E-state index is -2.22. The molecule has 8 nitrogen and oxygen atoms in total. The Labute approximate surface area is 238 Å². The maximum Gasteiger partial charge on any atom is 0.306 e. The van der Waals surface area contributed by atoms with Gasteiger partial charge >= 0.3 is 11.9 Å². The second kappa shape index (κ2) is 11.0. The van der Waals surface area contributed by atoms with Crippen LogP contribution in [0.25, 0.3) is 0 Å². The van der Waals surface area contributed by atoms with Crippen molar-refractivity contribution in [3.63, 3.8) is 0 Å². The van der Waals surface area contributed by atoms with E-state index in [9.17, 15) is 29.7 Å². The van der Waals surface area contributed by atoms with Gasteiger partial charge in [-0.1, -0.05) is 72.5 Å². The Hall–Kier alpha value is -2.03. The zero-order valence-corrected chi connectivity index (χ0v) is 25.0. The summed E-state index contributed by atoms with van der Waals surface area (Å²) in [4.78, 5) is 40.6. The molecule has 8 heteroatoms. The summed E-state index contributed by atoms with van der Waals surface area (Å²) in [5.41, 5.74) is -4.69. The fourth-order valence-electron chi connectivity index (χ4n) is 8.38. The third-order valence-electron chi connectivity index (χ3n) is 10.5. The second-order valence-electron chi connectivity index (χ2n) is 13.2. The van der Waals surface area contributed by atoms with E-state index in [1.165, 1.54) is 0 Å². The third-order valence-corrected chi connectivity index (χ3v) is 10.5. The highest BCUT2D eigenvalue weighted by molar-refractivity contribution is 5.96. The molecule has 3 N–H and O–H groups in total. The molecule has 2 fully saturated rings. The topological polar surface area (TPSA) is 130 Å². The molecule has 0 aromatic heterocycles. The molecular formula is C32H48O8. The van der Waals surface area contributed by atoms with Crippen LogP contribution in [0.15, 0.2) is 23.3 Å². The number of ether oxygens (including phenoxy) is 2. The number of esters is 2. The Morgan fingerprint density at radius 1 is 1.05 bits per heavy atom. The van der Waals surface area contributed by atoms with E-state index in [1.54, 1.807) is 19.1 Å². The van der Waals surface area contributed by atoms with E-state index < -0.39 is 58.7 Å². The number of carbonyl (C=O) groups is 3. The average molecular weight is 561 g/mol. The van der Waals surface area contributed by atoms with Gasteiger partial charge in [0, 0.05) is 30.1 Å². The number of aliphatic hydroxyl groups is 3. The number of fused-ring (bicyclic) bond motifs is 3. The van der Waals surface area contributed by atoms with Crippen molar-refractivity contribution in [2.75, 3.05) is 6.61 Å². The quantitative estimate of drug-likeness (QED) is 0.195. The minimum Gasteiger partial charge on any atom is -0.458 e. The van der Waals surface area contributed by atoms with Crippen molar-refractivity contribution in [2.24, 2.45) is 28.6 Å². The van der Waals surface area contributed by atoms with Crippen LogP contribution in [0.2, 0.25) is 0 Å². The van der Waals surface area contributed by atoms with Gasteiger partial charge in [0.05, 0.1) is 12.0 Å². The van der Waals surface area contributed by atoms with E-state index in [2.05, 4.69) is 6.92 Å². The fraction of sp³-hybridized carbons (Fsp3) is 0.781. The van der Waals surface area contributed by atoms with Crippen molar-refractivity contribution in [1.29, 1.82) is 0 Å². The van der Waals surface area contributed by atoms with Crippen LogP contribution in [-0.2, 0) is 23.9 Å². The van der Waals surface area contributed by atoms with E-state index >= 15 is 0 Å². The summed E-state index contributed by atoms with van der Waals surface area (Å²) in [5, 5.41) is 34.6. The standard InChI is InChI=1S/C32H48O8/c1-7-9-11-13-23(34)39-28-19(3)16-30-20(4)17-31(40-24(35)14-12-10-8-2)25(29(31,5)6)22(27(30)37)15-21(18-33)26(36)32(28,30)38/h15-16,20,22,25-26,28,33,36,38H,7-14,17-18H2,1-6H3/t20-,22+,25-,26-,28+,30+,31+,32+/m1/s1. The molecule has 224 valence electrons. The molecule has 4 aliphatic rings. The predicted molar refractivity (Wildman–Crippen MR) is 149 cm³/mol. The summed E-state index contributed by atoms with van der Waals surface area (Å²) < 4.78 is 12.1. The molecule has 2 bridgehead atoms. The first-order valence-electron chi connectivity index (χ1n) is 15.2. The van der Waals surface area contributed by atoms with Crippen molar-refractivity contribution in [2.45, 2.75) is 123 Å². The van der Waals surface area contributed by atoms with Crippen LogP contribution >= 0.6 is 0 Å². The Morgan fingerprint density at radius 2 is 1.65 bits per heavy atom. The summed E-state index contributed by atoms with van der Waals surface area (Å²) in [6.45, 7) is 11.0. The van der Waals surface area contributed by atoms with Gasteiger partial charge in [-0.3, -0.25) is 14.4 Å². The Kier molecular flexibility index (Phi) is 8.50. The van der Waals surface area contributed by atoms with Crippen molar-refractivity contribution in [3.05, 3.63) is 23.3 Å². The van der Waals surface area contributed by atoms with Crippen LogP contribution in [0, 0.1) is 28.6 Å². The molecule has 0 heterocycles. The molecular weight excluding hydrogens is 512 g/mol. The molecule has 4 aliphatic carbocycles. The Balaban J connectivity index is 1.78. The number of hydrogen-bond acceptors (Lipinski definition) is 8. The van der Waals surface area contributed by atoms with Gasteiger partial charge in [0.1, 0.15) is 11.7 Å². The molecule has 0 aromatic rings. The maximum atomic E-state index is 14.7. The highest BCUT2D eigenvalue weighted by Crippen LogP contribution is 2.75. The number of ketones is 1. The zero-order chi connectivity index (χ0) is 29.7. The van der Waals surface area contributed by atoms with Crippen LogP contribution < -0.4 is 0 Å². The number of hydrogen-bond donors (Lipinski definition) is 3. The largest absolute Gasteiger partial charge is 0.458 e. The highest BCUT2D eigenvalue weighted by Gasteiger charge is 2.83. The van der Waals surface area contributed by atoms with Gasteiger partial charge in [-0.05, 0) is 43.3 Å². The summed E-state index contributed by atoms with van der Waals surface area (Å²) in [6, 6.07) is 0. The summed E-state index contributed by atoms with van der Waals surface area (Å²) in [5.74, 6) is -2.86. The molecule has 0 unspecified atom stereocenters. The minimum absolute atomic E-state index is 0.109. The summed E-state index contributed by atoms with van der Waals surface area (Å²) in [6.07, 6.45) is 6.20. The van der Waals surface area contributed by atoms with Crippen molar-refractivity contribution in [3.8, 4) is 0 Å². The molecule has 0 aromatic carbocycles. The lowest BCUT2D eigenvalue weighted by Gasteiger charge is -2.49. The van der Waals surface area contributed by atoms with Gasteiger partial charge in [0.2, 0.25) is 0 Å². The van der Waals surface area contributed by atoms with Gasteiger partial charge < -0.3 is 24.8 Å². The average Bonchev–Trinajstić information content (AvgIpc) is 3.29. The van der Waals surface area contributed by atoms with Crippen LogP contribution in [-0.4, -0.2) is 63.1 Å². The highest BCUT2D eigenvalue weighted by atomic mass is 16.6. The number of aliphatic hydroxyl groups excluding tert-OH is 2. The first kappa shape index (κ1) is 30.9. The molecule has 8 atom stereocenters. The normalized spacial score (nSPS) is 39.2. The van der Waals surface area contributed by atoms with E-state index in [1.807, 2.05) is 27.7 Å². The smallest absolute Gasteiger partial charge is 0.306 e. The molecule has 4 rings (SSSR count). The molecule has 0 aliphatic heterocycles. The number of Topliss-reactive ketones (excluding diaryl/α,β-unsaturated/α-hetero) is 1. The number of allylic oxidation sites excluding steroid dienone is 1. The monoisotopic (exact) mass is 560 g/mol. The van der Waals surface area contributed by atoms with Gasteiger partial charge in [-0.2, -0.15) is 0 Å². The van der Waals surface area contributed by atoms with Gasteiger partial charge in [0.15, 0.2) is 17.5 Å². The fourth-order valence-corrected chi connectivity index (χ4v) is 8.38. The lowest BCUT2D eigenvalue weighted by molar-refractivity contribution is -0.204. The SMILES string of the molecule is CCCCCC(=O)O[C@H]1C(C)=C[C@]23C(=O)[C@@H](C=C(CO)[C@@H](O)[C@]12O)[C@@H]1C(C)(C)[C@]1(OC(=O)CCCCC)C[C@H]3C. The van der Waals surface area contributed by atoms with Crippen molar-refractivity contribution < 1.29 is 39.2 Å². The predicted octanol–water partition coefficient (Wildman–Crippen LogP) is 4.19. The lowest BCUT2D eigenvalue weighted by Crippen LogP contribution is -2.66. The molecule has 0 amide bonds. The molecule has 0 radical (unpaired) electrons. The number of rotatable bonds is 11. The van der Waals surface area contributed by atoms with E-state index in [0.29, 0.717) is 24.8 Å². The van der Waals surface area contributed by atoms with E-state index in [0.717, 1.165) is 32.1 Å². The summed E-state index contributed by atoms with van der Waals surface area (Å²) >= 11 is 0. The lowest BCUT2D eigenvalue weighted by atomic mass is 9.59. The Bertz CT molecular complexity index is 1090.